The van der Waals surface area contributed by atoms with Crippen LogP contribution in [0.25, 0.3) is 0 Å². The molecule has 2 N–H and O–H groups in total. The fourth-order valence-corrected chi connectivity index (χ4v) is 4.91. The molecule has 1 aliphatic rings. The van der Waals surface area contributed by atoms with Gasteiger partial charge in [-0.05, 0) is 45.2 Å². The van der Waals surface area contributed by atoms with Crippen molar-refractivity contribution in [3.05, 3.63) is 21.9 Å². The van der Waals surface area contributed by atoms with E-state index in [-0.39, 0.29) is 6.04 Å². The molecule has 2 unspecified atom stereocenters. The molecule has 1 fully saturated rings. The topological polar surface area (TPSA) is 73.8 Å². The summed E-state index contributed by atoms with van der Waals surface area (Å²) in [6.45, 7) is 8.96. The highest BCUT2D eigenvalue weighted by atomic mass is 32.2. The zero-order chi connectivity index (χ0) is 18.4. The van der Waals surface area contributed by atoms with Gasteiger partial charge < -0.3 is 10.6 Å². The van der Waals surface area contributed by atoms with Gasteiger partial charge in [0.15, 0.2) is 5.96 Å². The molecule has 0 amide bonds. The molecule has 0 saturated carbocycles. The second kappa shape index (κ2) is 9.00. The zero-order valence-corrected chi connectivity index (χ0v) is 17.2. The lowest BCUT2D eigenvalue weighted by atomic mass is 10.1. The van der Waals surface area contributed by atoms with Crippen LogP contribution in [-0.2, 0) is 16.4 Å². The van der Waals surface area contributed by atoms with Crippen LogP contribution in [-0.4, -0.2) is 57.2 Å². The molecule has 8 heteroatoms. The number of hydrogen-bond donors (Lipinski definition) is 2. The molecule has 6 nitrogen and oxygen atoms in total. The van der Waals surface area contributed by atoms with Gasteiger partial charge in [-0.1, -0.05) is 0 Å². The normalized spacial score (nSPS) is 20.6. The Hall–Kier alpha value is -1.12. The first-order valence-corrected chi connectivity index (χ1v) is 11.5. The third kappa shape index (κ3) is 6.60. The van der Waals surface area contributed by atoms with E-state index in [4.69, 9.17) is 0 Å². The van der Waals surface area contributed by atoms with Gasteiger partial charge >= 0.3 is 0 Å². The first-order chi connectivity index (χ1) is 11.8. The lowest BCUT2D eigenvalue weighted by molar-refractivity contribution is 0.463. The van der Waals surface area contributed by atoms with E-state index in [0.29, 0.717) is 25.6 Å². The summed E-state index contributed by atoms with van der Waals surface area (Å²) in [7, 11) is -3.08. The number of nitrogens with zero attached hydrogens (tertiary/aromatic N) is 2. The van der Waals surface area contributed by atoms with Crippen molar-refractivity contribution in [3.8, 4) is 0 Å². The zero-order valence-electron chi connectivity index (χ0n) is 15.6. The standard InChI is InChI=1S/C17H30N4O2S2/c1-5-18-17(20-13(2)10-16-7-6-14(3)24-16)19-11-15-8-9-21(12-15)25(4,22)23/h6-7,13,15H,5,8-12H2,1-4H3,(H2,18,19,20). The number of sulfonamides is 1. The Bertz CT molecular complexity index is 685. The van der Waals surface area contributed by atoms with Crippen LogP contribution in [0.5, 0.6) is 0 Å². The maximum Gasteiger partial charge on any atom is 0.211 e. The first-order valence-electron chi connectivity index (χ1n) is 8.83. The van der Waals surface area contributed by atoms with Crippen LogP contribution >= 0.6 is 11.3 Å². The molecule has 142 valence electrons. The van der Waals surface area contributed by atoms with Crippen LogP contribution in [0.15, 0.2) is 17.1 Å². The van der Waals surface area contributed by atoms with Crippen LogP contribution < -0.4 is 10.6 Å². The molecule has 1 saturated heterocycles. The number of thiophene rings is 1. The summed E-state index contributed by atoms with van der Waals surface area (Å²) >= 11 is 1.83. The van der Waals surface area contributed by atoms with Crippen molar-refractivity contribution >= 4 is 27.3 Å². The predicted molar refractivity (Wildman–Crippen MR) is 106 cm³/mol. The third-order valence-electron chi connectivity index (χ3n) is 4.26. The lowest BCUT2D eigenvalue weighted by Gasteiger charge is -2.18. The second-order valence-electron chi connectivity index (χ2n) is 6.76. The first kappa shape index (κ1) is 20.2. The molecule has 2 rings (SSSR count). The van der Waals surface area contributed by atoms with Crippen LogP contribution in [0.4, 0.5) is 0 Å². The van der Waals surface area contributed by atoms with E-state index < -0.39 is 10.0 Å². The molecule has 2 heterocycles. The third-order valence-corrected chi connectivity index (χ3v) is 6.55. The summed E-state index contributed by atoms with van der Waals surface area (Å²) in [6, 6.07) is 4.62. The van der Waals surface area contributed by atoms with Crippen LogP contribution in [0.2, 0.25) is 0 Å². The average molecular weight is 387 g/mol. The SMILES string of the molecule is CCNC(=NCC1CCN(S(C)(=O)=O)C1)NC(C)Cc1ccc(C)s1. The monoisotopic (exact) mass is 386 g/mol. The van der Waals surface area contributed by atoms with Crippen LogP contribution in [0.1, 0.15) is 30.0 Å². The number of aliphatic imine (C=N–C) groups is 1. The fourth-order valence-electron chi connectivity index (χ4n) is 2.97. The minimum atomic E-state index is -3.08. The van der Waals surface area contributed by atoms with Gasteiger partial charge in [0.2, 0.25) is 10.0 Å². The number of hydrogen-bond acceptors (Lipinski definition) is 4. The van der Waals surface area contributed by atoms with E-state index >= 15 is 0 Å². The Morgan fingerprint density at radius 2 is 2.24 bits per heavy atom. The predicted octanol–water partition coefficient (Wildman–Crippen LogP) is 1.82. The van der Waals surface area contributed by atoms with Crippen molar-refractivity contribution < 1.29 is 8.42 Å². The summed E-state index contributed by atoms with van der Waals surface area (Å²) in [4.78, 5) is 7.38. The van der Waals surface area contributed by atoms with E-state index in [9.17, 15) is 8.42 Å². The van der Waals surface area contributed by atoms with Gasteiger partial charge in [-0.15, -0.1) is 11.3 Å². The van der Waals surface area contributed by atoms with Gasteiger partial charge in [-0.3, -0.25) is 4.99 Å². The molecule has 1 aliphatic heterocycles. The minimum absolute atomic E-state index is 0.284. The van der Waals surface area contributed by atoms with Gasteiger partial charge in [-0.25, -0.2) is 12.7 Å². The molecule has 0 radical (unpaired) electrons. The van der Waals surface area contributed by atoms with E-state index in [1.54, 1.807) is 4.31 Å². The largest absolute Gasteiger partial charge is 0.357 e. The quantitative estimate of drug-likeness (QED) is 0.554. The number of aryl methyl sites for hydroxylation is 1. The Morgan fingerprint density at radius 1 is 1.48 bits per heavy atom. The van der Waals surface area contributed by atoms with Gasteiger partial charge in [0, 0.05) is 48.4 Å². The molecule has 0 aliphatic carbocycles. The Labute approximate surface area is 155 Å². The minimum Gasteiger partial charge on any atom is -0.357 e. The van der Waals surface area contributed by atoms with E-state index in [0.717, 1.165) is 25.3 Å². The lowest BCUT2D eigenvalue weighted by Crippen LogP contribution is -2.43. The van der Waals surface area contributed by atoms with Crippen LogP contribution in [0.3, 0.4) is 0 Å². The Kier molecular flexibility index (Phi) is 7.27. The number of nitrogens with one attached hydrogen (secondary N) is 2. The molecule has 0 bridgehead atoms. The molecule has 1 aromatic heterocycles. The fraction of sp³-hybridized carbons (Fsp3) is 0.706. The molecule has 0 spiro atoms. The molecule has 0 aromatic carbocycles. The van der Waals surface area contributed by atoms with Crippen molar-refractivity contribution in [2.75, 3.05) is 32.4 Å². The average Bonchev–Trinajstić information content (AvgIpc) is 3.13. The number of guanidine groups is 1. The second-order valence-corrected chi connectivity index (χ2v) is 10.1. The summed E-state index contributed by atoms with van der Waals surface area (Å²) < 4.78 is 24.8. The summed E-state index contributed by atoms with van der Waals surface area (Å²) in [5, 5.41) is 6.74. The molecular weight excluding hydrogens is 356 g/mol. The maximum absolute atomic E-state index is 11.6. The highest BCUT2D eigenvalue weighted by Gasteiger charge is 2.28. The molecular formula is C17H30N4O2S2. The van der Waals surface area contributed by atoms with Crippen molar-refractivity contribution in [2.24, 2.45) is 10.9 Å². The Balaban J connectivity index is 1.87. The highest BCUT2D eigenvalue weighted by Crippen LogP contribution is 2.19. The van der Waals surface area contributed by atoms with Crippen LogP contribution in [0, 0.1) is 12.8 Å². The number of rotatable bonds is 7. The van der Waals surface area contributed by atoms with Gasteiger partial charge in [-0.2, -0.15) is 0 Å². The van der Waals surface area contributed by atoms with E-state index in [1.807, 2.05) is 18.3 Å². The summed E-state index contributed by atoms with van der Waals surface area (Å²) in [5.74, 6) is 1.10. The highest BCUT2D eigenvalue weighted by molar-refractivity contribution is 7.88. The van der Waals surface area contributed by atoms with Crippen molar-refractivity contribution in [3.63, 3.8) is 0 Å². The van der Waals surface area contributed by atoms with Gasteiger partial charge in [0.25, 0.3) is 0 Å². The van der Waals surface area contributed by atoms with Gasteiger partial charge in [0.05, 0.1) is 6.26 Å². The van der Waals surface area contributed by atoms with E-state index in [1.165, 1.54) is 16.0 Å². The maximum atomic E-state index is 11.6. The smallest absolute Gasteiger partial charge is 0.211 e. The van der Waals surface area contributed by atoms with Crippen molar-refractivity contribution in [1.82, 2.24) is 14.9 Å². The van der Waals surface area contributed by atoms with Crippen molar-refractivity contribution in [2.45, 2.75) is 39.7 Å². The molecule has 2 atom stereocenters. The van der Waals surface area contributed by atoms with E-state index in [2.05, 4.69) is 41.6 Å². The summed E-state index contributed by atoms with van der Waals surface area (Å²) in [6.07, 6.45) is 3.12. The van der Waals surface area contributed by atoms with Gasteiger partial charge in [0.1, 0.15) is 0 Å². The summed E-state index contributed by atoms with van der Waals surface area (Å²) in [5.41, 5.74) is 0. The molecule has 1 aromatic rings. The Morgan fingerprint density at radius 3 is 2.80 bits per heavy atom. The van der Waals surface area contributed by atoms with Crippen molar-refractivity contribution in [1.29, 1.82) is 0 Å². The molecule has 25 heavy (non-hydrogen) atoms.